The molecular formula is C23H29FN4O3. The van der Waals surface area contributed by atoms with Gasteiger partial charge in [0.25, 0.3) is 0 Å². The van der Waals surface area contributed by atoms with Crippen LogP contribution < -0.4 is 0 Å². The smallest absolute Gasteiger partial charge is 0.233 e. The molecule has 8 heteroatoms. The van der Waals surface area contributed by atoms with Gasteiger partial charge < -0.3 is 19.3 Å². The van der Waals surface area contributed by atoms with Crippen LogP contribution in [-0.4, -0.2) is 58.7 Å². The number of hydroxylamine groups is 3. The van der Waals surface area contributed by atoms with E-state index in [9.17, 15) is 14.4 Å². The Morgan fingerprint density at radius 3 is 2.90 bits per heavy atom. The molecule has 1 aromatic carbocycles. The Morgan fingerprint density at radius 1 is 1.29 bits per heavy atom. The number of likely N-dealkylation sites (tertiary alicyclic amines) is 1. The van der Waals surface area contributed by atoms with E-state index in [1.807, 2.05) is 11.8 Å². The maximum atomic E-state index is 13.4. The Bertz CT molecular complexity index is 1010. The minimum Gasteiger partial charge on any atom is -0.633 e. The van der Waals surface area contributed by atoms with Crippen LogP contribution in [0, 0.1) is 16.9 Å². The second-order valence-electron chi connectivity index (χ2n) is 9.34. The number of hydrogen-bond donors (Lipinski definition) is 0. The van der Waals surface area contributed by atoms with Crippen LogP contribution in [-0.2, 0) is 4.79 Å². The first-order valence-corrected chi connectivity index (χ1v) is 11.4. The van der Waals surface area contributed by atoms with Crippen LogP contribution in [0.5, 0.6) is 0 Å². The van der Waals surface area contributed by atoms with Crippen molar-refractivity contribution < 1.29 is 18.4 Å². The zero-order chi connectivity index (χ0) is 21.6. The Morgan fingerprint density at radius 2 is 2.10 bits per heavy atom. The van der Waals surface area contributed by atoms with Crippen LogP contribution in [0.1, 0.15) is 57.1 Å². The van der Waals surface area contributed by atoms with E-state index in [0.717, 1.165) is 42.7 Å². The number of amides is 1. The number of quaternary nitrogens is 1. The number of aromatic nitrogens is 1. The van der Waals surface area contributed by atoms with Gasteiger partial charge in [0.2, 0.25) is 5.91 Å². The zero-order valence-electron chi connectivity index (χ0n) is 17.9. The fourth-order valence-electron chi connectivity index (χ4n) is 5.42. The minimum atomic E-state index is -0.346. The number of halogens is 1. The molecule has 2 aromatic rings. The summed E-state index contributed by atoms with van der Waals surface area (Å²) < 4.78 is 18.4. The number of aliphatic imine (C=N–C) groups is 1. The van der Waals surface area contributed by atoms with Crippen molar-refractivity contribution in [2.75, 3.05) is 26.2 Å². The first kappa shape index (κ1) is 20.6. The molecule has 0 aliphatic carbocycles. The molecule has 0 radical (unpaired) electrons. The summed E-state index contributed by atoms with van der Waals surface area (Å²) in [5.74, 6) is 0.689. The number of amidine groups is 1. The summed E-state index contributed by atoms with van der Waals surface area (Å²) in [5, 5.41) is 18.4. The number of fused-ring (bicyclic) bond motifs is 2. The van der Waals surface area contributed by atoms with Gasteiger partial charge >= 0.3 is 0 Å². The summed E-state index contributed by atoms with van der Waals surface area (Å²) in [6.45, 7) is 4.19. The molecular weight excluding hydrogens is 399 g/mol. The monoisotopic (exact) mass is 428 g/mol. The van der Waals surface area contributed by atoms with E-state index in [-0.39, 0.29) is 34.2 Å². The molecule has 1 aromatic heterocycles. The number of rotatable bonds is 4. The van der Waals surface area contributed by atoms with Gasteiger partial charge in [-0.25, -0.2) is 4.39 Å². The zero-order valence-corrected chi connectivity index (χ0v) is 17.9. The fraction of sp³-hybridized carbons (Fsp3) is 0.609. The third kappa shape index (κ3) is 3.87. The van der Waals surface area contributed by atoms with Crippen LogP contribution in [0.3, 0.4) is 0 Å². The molecule has 0 bridgehead atoms. The second-order valence-corrected chi connectivity index (χ2v) is 9.34. The molecule has 1 amide bonds. The van der Waals surface area contributed by atoms with E-state index in [0.29, 0.717) is 44.5 Å². The van der Waals surface area contributed by atoms with Crippen molar-refractivity contribution >= 4 is 22.7 Å². The van der Waals surface area contributed by atoms with Gasteiger partial charge in [0.15, 0.2) is 5.58 Å². The third-order valence-corrected chi connectivity index (χ3v) is 7.33. The SMILES string of the molecule is CC1N=C2CCCCN2C(=O)C1CC[N+]1([O-])CCC(c2noc3cc(F)ccc23)CC1. The van der Waals surface area contributed by atoms with Crippen LogP contribution in [0.25, 0.3) is 11.0 Å². The van der Waals surface area contributed by atoms with Gasteiger partial charge in [0.05, 0.1) is 37.3 Å². The molecule has 3 aliphatic rings. The van der Waals surface area contributed by atoms with E-state index in [2.05, 4.69) is 5.16 Å². The highest BCUT2D eigenvalue weighted by Crippen LogP contribution is 2.36. The molecule has 0 saturated carbocycles. The maximum Gasteiger partial charge on any atom is 0.233 e. The van der Waals surface area contributed by atoms with Crippen LogP contribution >= 0.6 is 0 Å². The molecule has 0 spiro atoms. The Hall–Kier alpha value is -2.32. The van der Waals surface area contributed by atoms with Crippen LogP contribution in [0.2, 0.25) is 0 Å². The predicted octanol–water partition coefficient (Wildman–Crippen LogP) is 3.98. The summed E-state index contributed by atoms with van der Waals surface area (Å²) in [5.41, 5.74) is 1.27. The van der Waals surface area contributed by atoms with Gasteiger partial charge in [0, 0.05) is 49.6 Å². The van der Waals surface area contributed by atoms with Gasteiger partial charge in [-0.15, -0.1) is 0 Å². The number of carbonyl (C=O) groups excluding carboxylic acids is 1. The van der Waals surface area contributed by atoms with Crippen molar-refractivity contribution in [2.24, 2.45) is 10.9 Å². The topological polar surface area (TPSA) is 81.8 Å². The van der Waals surface area contributed by atoms with Crippen molar-refractivity contribution in [1.29, 1.82) is 0 Å². The minimum absolute atomic E-state index is 0.0529. The fourth-order valence-corrected chi connectivity index (χ4v) is 5.42. The van der Waals surface area contributed by atoms with Crippen LogP contribution in [0.4, 0.5) is 4.39 Å². The summed E-state index contributed by atoms with van der Waals surface area (Å²) in [4.78, 5) is 19.6. The highest BCUT2D eigenvalue weighted by Gasteiger charge is 2.39. The van der Waals surface area contributed by atoms with Gasteiger partial charge in [-0.3, -0.25) is 9.79 Å². The quantitative estimate of drug-likeness (QED) is 0.545. The number of piperidine rings is 2. The lowest BCUT2D eigenvalue weighted by atomic mass is 9.89. The predicted molar refractivity (Wildman–Crippen MR) is 115 cm³/mol. The van der Waals surface area contributed by atoms with Crippen LogP contribution in [0.15, 0.2) is 27.7 Å². The molecule has 5 rings (SSSR count). The van der Waals surface area contributed by atoms with E-state index in [1.165, 1.54) is 12.1 Å². The highest BCUT2D eigenvalue weighted by atomic mass is 19.1. The van der Waals surface area contributed by atoms with E-state index in [4.69, 9.17) is 9.52 Å². The number of nitrogens with zero attached hydrogens (tertiary/aromatic N) is 4. The first-order chi connectivity index (χ1) is 14.9. The van der Waals surface area contributed by atoms with Crippen molar-refractivity contribution in [3.8, 4) is 0 Å². The van der Waals surface area contributed by atoms with Gasteiger partial charge in [0.1, 0.15) is 11.7 Å². The standard InChI is InChI=1S/C23H29FN4O3/c1-15-18(23(29)27-10-3-2-4-21(27)25-15)9-13-28(30)11-7-16(8-12-28)22-19-6-5-17(24)14-20(19)31-26-22/h5-6,14-16,18H,2-4,7-13H2,1H3. The van der Waals surface area contributed by atoms with Crippen molar-refractivity contribution in [3.63, 3.8) is 0 Å². The average molecular weight is 429 g/mol. The third-order valence-electron chi connectivity index (χ3n) is 7.33. The number of hydrogen-bond acceptors (Lipinski definition) is 5. The van der Waals surface area contributed by atoms with Crippen molar-refractivity contribution in [2.45, 2.75) is 57.4 Å². The Labute approximate surface area is 181 Å². The molecule has 2 fully saturated rings. The van der Waals surface area contributed by atoms with Crippen molar-refractivity contribution in [3.05, 3.63) is 34.9 Å². The highest BCUT2D eigenvalue weighted by molar-refractivity contribution is 6.01. The molecule has 7 nitrogen and oxygen atoms in total. The summed E-state index contributed by atoms with van der Waals surface area (Å²) in [6, 6.07) is 4.41. The molecule has 166 valence electrons. The lowest BCUT2D eigenvalue weighted by molar-refractivity contribution is -0.886. The summed E-state index contributed by atoms with van der Waals surface area (Å²) >= 11 is 0. The lowest BCUT2D eigenvalue weighted by Crippen LogP contribution is -2.53. The van der Waals surface area contributed by atoms with E-state index in [1.54, 1.807) is 6.07 Å². The molecule has 2 unspecified atom stereocenters. The Kier molecular flexibility index (Phi) is 5.30. The number of carbonyl (C=O) groups is 1. The molecule has 2 saturated heterocycles. The lowest BCUT2D eigenvalue weighted by Gasteiger charge is -2.48. The molecule has 0 N–H and O–H groups in total. The molecule has 4 heterocycles. The number of benzene rings is 1. The largest absolute Gasteiger partial charge is 0.633 e. The van der Waals surface area contributed by atoms with Gasteiger partial charge in [-0.1, -0.05) is 5.16 Å². The molecule has 3 aliphatic heterocycles. The summed E-state index contributed by atoms with van der Waals surface area (Å²) in [7, 11) is 0. The second kappa shape index (κ2) is 7.98. The summed E-state index contributed by atoms with van der Waals surface area (Å²) in [6.07, 6.45) is 5.01. The molecule has 2 atom stereocenters. The normalized spacial score (nSPS) is 31.6. The maximum absolute atomic E-state index is 13.4. The average Bonchev–Trinajstić information content (AvgIpc) is 3.17. The Balaban J connectivity index is 1.22. The van der Waals surface area contributed by atoms with E-state index < -0.39 is 0 Å². The van der Waals surface area contributed by atoms with Crippen molar-refractivity contribution in [1.82, 2.24) is 10.1 Å². The van der Waals surface area contributed by atoms with E-state index >= 15 is 0 Å². The first-order valence-electron chi connectivity index (χ1n) is 11.4. The molecule has 31 heavy (non-hydrogen) atoms. The van der Waals surface area contributed by atoms with Gasteiger partial charge in [-0.05, 0) is 31.9 Å². The van der Waals surface area contributed by atoms with Gasteiger partial charge in [-0.2, -0.15) is 0 Å².